The Kier molecular flexibility index (Phi) is 62.0. The zero-order valence-electron chi connectivity index (χ0n) is 49.8. The van der Waals surface area contributed by atoms with Crippen molar-refractivity contribution in [1.82, 2.24) is 0 Å². The molecular formula is C73H114O5. The molecule has 1 atom stereocenters. The van der Waals surface area contributed by atoms with Crippen LogP contribution in [-0.2, 0) is 19.1 Å². The van der Waals surface area contributed by atoms with Gasteiger partial charge in [-0.2, -0.15) is 0 Å². The molecule has 78 heavy (non-hydrogen) atoms. The highest BCUT2D eigenvalue weighted by atomic mass is 16.6. The van der Waals surface area contributed by atoms with Crippen LogP contribution in [0.4, 0.5) is 0 Å². The molecule has 0 amide bonds. The number of hydrogen-bond donors (Lipinski definition) is 1. The fraction of sp³-hybridized carbons (Fsp3) is 0.562. The van der Waals surface area contributed by atoms with Gasteiger partial charge in [-0.15, -0.1) is 0 Å². The van der Waals surface area contributed by atoms with Crippen molar-refractivity contribution in [2.24, 2.45) is 0 Å². The number of rotatable bonds is 55. The van der Waals surface area contributed by atoms with Crippen molar-refractivity contribution in [3.63, 3.8) is 0 Å². The number of esters is 2. The van der Waals surface area contributed by atoms with Crippen molar-refractivity contribution in [1.29, 1.82) is 0 Å². The molecule has 0 heterocycles. The first-order valence-electron chi connectivity index (χ1n) is 31.3. The molecule has 436 valence electrons. The Bertz CT molecular complexity index is 1780. The lowest BCUT2D eigenvalue weighted by molar-refractivity contribution is -0.161. The fourth-order valence-corrected chi connectivity index (χ4v) is 8.08. The maximum Gasteiger partial charge on any atom is 0.306 e. The van der Waals surface area contributed by atoms with Gasteiger partial charge >= 0.3 is 11.9 Å². The molecule has 0 aromatic rings. The van der Waals surface area contributed by atoms with Crippen molar-refractivity contribution in [3.05, 3.63) is 182 Å². The second-order valence-electron chi connectivity index (χ2n) is 20.0. The van der Waals surface area contributed by atoms with Crippen LogP contribution in [0.15, 0.2) is 182 Å². The Balaban J connectivity index is 3.62. The summed E-state index contributed by atoms with van der Waals surface area (Å²) in [6.07, 6.45) is 104. The van der Waals surface area contributed by atoms with Gasteiger partial charge in [0, 0.05) is 12.8 Å². The normalized spacial score (nSPS) is 13.5. The molecule has 5 nitrogen and oxygen atoms in total. The second-order valence-corrected chi connectivity index (χ2v) is 20.0. The topological polar surface area (TPSA) is 72.8 Å². The van der Waals surface area contributed by atoms with Gasteiger partial charge in [-0.05, 0) is 135 Å². The summed E-state index contributed by atoms with van der Waals surface area (Å²) in [4.78, 5) is 24.6. The zero-order chi connectivity index (χ0) is 56.2. The molecule has 0 aromatic carbocycles. The van der Waals surface area contributed by atoms with Crippen molar-refractivity contribution < 1.29 is 24.2 Å². The van der Waals surface area contributed by atoms with Crippen LogP contribution in [0, 0.1) is 0 Å². The third kappa shape index (κ3) is 63.5. The summed E-state index contributed by atoms with van der Waals surface area (Å²) in [6.45, 7) is 3.89. The number of aliphatic hydroxyl groups excluding tert-OH is 1. The lowest BCUT2D eigenvalue weighted by Gasteiger charge is -2.15. The van der Waals surface area contributed by atoms with Crippen molar-refractivity contribution in [3.8, 4) is 0 Å². The van der Waals surface area contributed by atoms with Crippen LogP contribution in [0.2, 0.25) is 0 Å². The molecular weight excluding hydrogens is 957 g/mol. The highest BCUT2D eigenvalue weighted by Gasteiger charge is 2.16. The van der Waals surface area contributed by atoms with Crippen molar-refractivity contribution in [2.45, 2.75) is 251 Å². The lowest BCUT2D eigenvalue weighted by atomic mass is 10.0. The molecule has 5 heteroatoms. The zero-order valence-corrected chi connectivity index (χ0v) is 49.8. The van der Waals surface area contributed by atoms with E-state index in [0.29, 0.717) is 12.8 Å². The number of ether oxygens (including phenoxy) is 2. The first kappa shape index (κ1) is 73.0. The smallest absolute Gasteiger partial charge is 0.306 e. The fourth-order valence-electron chi connectivity index (χ4n) is 8.08. The molecule has 0 radical (unpaired) electrons. The van der Waals surface area contributed by atoms with E-state index in [4.69, 9.17) is 9.47 Å². The number of carbonyl (C=O) groups is 2. The minimum absolute atomic E-state index is 0.0867. The van der Waals surface area contributed by atoms with Gasteiger partial charge in [-0.1, -0.05) is 280 Å². The van der Waals surface area contributed by atoms with Crippen LogP contribution in [0.5, 0.6) is 0 Å². The highest BCUT2D eigenvalue weighted by Crippen LogP contribution is 2.15. The Morgan fingerprint density at radius 2 is 0.513 bits per heavy atom. The summed E-state index contributed by atoms with van der Waals surface area (Å²) < 4.78 is 10.7. The van der Waals surface area contributed by atoms with Gasteiger partial charge in [-0.25, -0.2) is 0 Å². The summed E-state index contributed by atoms with van der Waals surface area (Å²) >= 11 is 0. The molecule has 0 fully saturated rings. The van der Waals surface area contributed by atoms with Gasteiger partial charge in [0.15, 0.2) is 6.10 Å². The maximum absolute atomic E-state index is 12.3. The van der Waals surface area contributed by atoms with Crippen LogP contribution in [0.3, 0.4) is 0 Å². The minimum Gasteiger partial charge on any atom is -0.462 e. The number of unbranched alkanes of at least 4 members (excludes halogenated alkanes) is 17. The number of hydrogen-bond acceptors (Lipinski definition) is 5. The van der Waals surface area contributed by atoms with E-state index < -0.39 is 6.10 Å². The average Bonchev–Trinajstić information content (AvgIpc) is 3.44. The molecule has 0 aliphatic carbocycles. The van der Waals surface area contributed by atoms with Gasteiger partial charge in [0.05, 0.1) is 6.61 Å². The molecule has 0 saturated carbocycles. The minimum atomic E-state index is -0.799. The molecule has 1 N–H and O–H groups in total. The molecule has 0 aliphatic heterocycles. The first-order chi connectivity index (χ1) is 38.6. The van der Waals surface area contributed by atoms with Gasteiger partial charge in [0.2, 0.25) is 0 Å². The van der Waals surface area contributed by atoms with Gasteiger partial charge in [0.25, 0.3) is 0 Å². The summed E-state index contributed by atoms with van der Waals surface area (Å²) in [5.74, 6) is -0.626. The van der Waals surface area contributed by atoms with Gasteiger partial charge < -0.3 is 14.6 Å². The Labute approximate surface area is 480 Å². The van der Waals surface area contributed by atoms with E-state index in [1.807, 2.05) is 0 Å². The van der Waals surface area contributed by atoms with E-state index in [-0.39, 0.29) is 25.2 Å². The van der Waals surface area contributed by atoms with Crippen molar-refractivity contribution in [2.75, 3.05) is 13.2 Å². The standard InChI is InChI=1S/C73H114O5/c1-3-5-7-9-11-13-15-17-19-21-23-25-27-29-31-33-35-36-38-40-42-44-46-48-50-52-54-56-58-60-62-64-66-68-73(76)78-71(69-74)70-77-72(75)67-65-63-61-59-57-55-53-51-49-47-45-43-41-39-37-34-32-30-28-26-24-22-20-18-16-14-12-10-8-6-4-2/h5-8,11-14,17-20,23-26,29-32,35-37,39-40,42,46,48,52,54,71,74H,3-4,9-10,15-16,21-22,27-28,33-34,38,41,43-45,47,49-51,53,55-70H2,1-2H3/b7-5-,8-6-,13-11-,14-12-,19-17-,20-18-,25-23-,26-24-,31-29-,32-30-,36-35-,39-37-,42-40-,48-46-,54-52-. The molecule has 0 spiro atoms. The highest BCUT2D eigenvalue weighted by molar-refractivity contribution is 5.70. The SMILES string of the molecule is CC/C=C\C/C=C\C/C=C\C/C=C\C/C=C\C/C=C\C/C=C\C/C=C\C/C=C\CCCCCCCC(=O)OC(CO)COC(=O)CCCCCCCCCCCCCC/C=C\C/C=C\C/C=C\C/C=C\C/C=C\C/C=C\CC. The van der Waals surface area contributed by atoms with E-state index in [1.54, 1.807) is 0 Å². The number of carbonyl (C=O) groups excluding carboxylic acids is 2. The summed E-state index contributed by atoms with van der Waals surface area (Å²) in [5, 5.41) is 9.68. The van der Waals surface area contributed by atoms with E-state index in [9.17, 15) is 14.7 Å². The Morgan fingerprint density at radius 3 is 0.769 bits per heavy atom. The van der Waals surface area contributed by atoms with Crippen molar-refractivity contribution >= 4 is 11.9 Å². The molecule has 0 saturated heterocycles. The summed E-state index contributed by atoms with van der Waals surface area (Å²) in [5.41, 5.74) is 0. The largest absolute Gasteiger partial charge is 0.462 e. The molecule has 1 unspecified atom stereocenters. The second kappa shape index (κ2) is 66.3. The van der Waals surface area contributed by atoms with E-state index in [2.05, 4.69) is 196 Å². The summed E-state index contributed by atoms with van der Waals surface area (Å²) in [6, 6.07) is 0. The van der Waals surface area contributed by atoms with E-state index in [1.165, 1.54) is 64.2 Å². The van der Waals surface area contributed by atoms with Crippen LogP contribution in [0.1, 0.15) is 245 Å². The lowest BCUT2D eigenvalue weighted by Crippen LogP contribution is -2.28. The molecule has 0 aromatic heterocycles. The van der Waals surface area contributed by atoms with Crippen LogP contribution in [-0.4, -0.2) is 36.4 Å². The Hall–Kier alpha value is -5.00. The number of allylic oxidation sites excluding steroid dienone is 30. The maximum atomic E-state index is 12.3. The van der Waals surface area contributed by atoms with Gasteiger partial charge in [-0.3, -0.25) is 9.59 Å². The molecule has 0 bridgehead atoms. The van der Waals surface area contributed by atoms with Gasteiger partial charge in [0.1, 0.15) is 6.61 Å². The summed E-state index contributed by atoms with van der Waals surface area (Å²) in [7, 11) is 0. The van der Waals surface area contributed by atoms with Crippen LogP contribution < -0.4 is 0 Å². The third-order valence-electron chi connectivity index (χ3n) is 12.7. The Morgan fingerprint density at radius 1 is 0.295 bits per heavy atom. The average molecular weight is 1070 g/mol. The molecule has 0 aliphatic rings. The quantitative estimate of drug-likeness (QED) is 0.0373. The third-order valence-corrected chi connectivity index (χ3v) is 12.7. The van der Waals surface area contributed by atoms with E-state index >= 15 is 0 Å². The van der Waals surface area contributed by atoms with Crippen LogP contribution in [0.25, 0.3) is 0 Å². The first-order valence-corrected chi connectivity index (χ1v) is 31.3. The predicted octanol–water partition coefficient (Wildman–Crippen LogP) is 21.9. The molecule has 0 rings (SSSR count). The monoisotopic (exact) mass is 1070 g/mol. The van der Waals surface area contributed by atoms with Crippen LogP contribution >= 0.6 is 0 Å². The predicted molar refractivity (Wildman–Crippen MR) is 343 cm³/mol. The number of aliphatic hydroxyl groups is 1. The van der Waals surface area contributed by atoms with E-state index in [0.717, 1.165) is 154 Å².